The van der Waals surface area contributed by atoms with Gasteiger partial charge in [-0.15, -0.1) is 0 Å². The maximum atomic E-state index is 10.2. The monoisotopic (exact) mass is 362 g/mol. The van der Waals surface area contributed by atoms with Crippen LogP contribution in [0.25, 0.3) is 0 Å². The number of hydrogen-bond acceptors (Lipinski definition) is 4. The van der Waals surface area contributed by atoms with Gasteiger partial charge < -0.3 is 20.4 Å². The van der Waals surface area contributed by atoms with E-state index in [1.54, 1.807) is 0 Å². The lowest BCUT2D eigenvalue weighted by Gasteiger charge is -2.06. The van der Waals surface area contributed by atoms with E-state index < -0.39 is 24.1 Å². The van der Waals surface area contributed by atoms with E-state index in [2.05, 4.69) is 13.8 Å². The summed E-state index contributed by atoms with van der Waals surface area (Å²) in [7, 11) is 0. The molecule has 0 unspecified atom stereocenters. The summed E-state index contributed by atoms with van der Waals surface area (Å²) in [4.78, 5) is 20.3. The third-order valence-corrected chi connectivity index (χ3v) is 3.85. The summed E-state index contributed by atoms with van der Waals surface area (Å²) < 4.78 is 0. The van der Waals surface area contributed by atoms with Crippen molar-refractivity contribution in [3.8, 4) is 0 Å². The molecule has 0 heterocycles. The van der Waals surface area contributed by atoms with Gasteiger partial charge in [-0.25, -0.2) is 0 Å². The summed E-state index contributed by atoms with van der Waals surface area (Å²) >= 11 is 0. The fourth-order valence-electron chi connectivity index (χ4n) is 2.40. The molecule has 0 aliphatic heterocycles. The van der Waals surface area contributed by atoms with E-state index in [1.165, 1.54) is 25.7 Å². The Labute approximate surface area is 152 Å². The lowest BCUT2D eigenvalue weighted by molar-refractivity contribution is -0.140. The molecule has 0 fully saturated rings. The molecule has 0 aromatic rings. The van der Waals surface area contributed by atoms with E-state index in [0.717, 1.165) is 32.1 Å². The molecule has 4 N–H and O–H groups in total. The first kappa shape index (κ1) is 26.1. The van der Waals surface area contributed by atoms with Crippen molar-refractivity contribution in [2.75, 3.05) is 0 Å². The van der Waals surface area contributed by atoms with E-state index in [9.17, 15) is 14.7 Å². The molecule has 6 heteroatoms. The fourth-order valence-corrected chi connectivity index (χ4v) is 2.40. The van der Waals surface area contributed by atoms with Gasteiger partial charge in [0.1, 0.15) is 0 Å². The Morgan fingerprint density at radius 3 is 1.28 bits per heavy atom. The first-order valence-corrected chi connectivity index (χ1v) is 9.63. The zero-order valence-corrected chi connectivity index (χ0v) is 16.0. The molecule has 6 nitrogen and oxygen atoms in total. The number of aliphatic hydroxyl groups is 2. The van der Waals surface area contributed by atoms with Crippen molar-refractivity contribution in [1.82, 2.24) is 0 Å². The molecule has 0 aromatic carbocycles. The second-order valence-electron chi connectivity index (χ2n) is 6.56. The highest BCUT2D eigenvalue weighted by Crippen LogP contribution is 2.09. The zero-order chi connectivity index (χ0) is 19.5. The number of carboxylic acid groups (broad SMARTS) is 2. The highest BCUT2D eigenvalue weighted by atomic mass is 16.4. The first-order valence-electron chi connectivity index (χ1n) is 9.63. The molecule has 25 heavy (non-hydrogen) atoms. The van der Waals surface area contributed by atoms with Crippen molar-refractivity contribution in [3.63, 3.8) is 0 Å². The van der Waals surface area contributed by atoms with Crippen molar-refractivity contribution in [3.05, 3.63) is 0 Å². The van der Waals surface area contributed by atoms with Gasteiger partial charge in [0, 0.05) is 0 Å². The second kappa shape index (κ2) is 19.2. The Morgan fingerprint density at radius 1 is 0.640 bits per heavy atom. The number of aliphatic hydroxyl groups excluding tert-OH is 2. The molecule has 0 amide bonds. The molecule has 0 radical (unpaired) electrons. The molecular weight excluding hydrogens is 324 g/mol. The second-order valence-corrected chi connectivity index (χ2v) is 6.56. The molecule has 0 saturated carbocycles. The van der Waals surface area contributed by atoms with E-state index >= 15 is 0 Å². The van der Waals surface area contributed by atoms with Crippen LogP contribution in [0.15, 0.2) is 0 Å². The smallest absolute Gasteiger partial charge is 0.305 e. The minimum Gasteiger partial charge on any atom is -0.481 e. The molecule has 0 spiro atoms. The lowest BCUT2D eigenvalue weighted by atomic mass is 10.1. The third-order valence-electron chi connectivity index (χ3n) is 3.85. The molecule has 0 aromatic heterocycles. The van der Waals surface area contributed by atoms with Crippen LogP contribution in [0, 0.1) is 0 Å². The average Bonchev–Trinajstić information content (AvgIpc) is 2.50. The lowest BCUT2D eigenvalue weighted by Crippen LogP contribution is -2.12. The average molecular weight is 363 g/mol. The van der Waals surface area contributed by atoms with Crippen LogP contribution in [0.1, 0.15) is 97.3 Å². The van der Waals surface area contributed by atoms with Gasteiger partial charge >= 0.3 is 11.9 Å². The minimum atomic E-state index is -0.919. The zero-order valence-electron chi connectivity index (χ0n) is 16.0. The van der Waals surface area contributed by atoms with Gasteiger partial charge in [0.05, 0.1) is 25.0 Å². The van der Waals surface area contributed by atoms with Gasteiger partial charge in [-0.2, -0.15) is 0 Å². The molecule has 0 saturated heterocycles. The predicted octanol–water partition coefficient (Wildman–Crippen LogP) is 3.97. The van der Waals surface area contributed by atoms with Crippen molar-refractivity contribution in [1.29, 1.82) is 0 Å². The Morgan fingerprint density at radius 2 is 0.960 bits per heavy atom. The summed E-state index contributed by atoms with van der Waals surface area (Å²) in [5, 5.41) is 35.0. The maximum Gasteiger partial charge on any atom is 0.305 e. The molecule has 150 valence electrons. The van der Waals surface area contributed by atoms with Crippen LogP contribution in [0.5, 0.6) is 0 Å². The summed E-state index contributed by atoms with van der Waals surface area (Å²) in [6, 6.07) is 0. The Kier molecular flexibility index (Phi) is 20.0. The van der Waals surface area contributed by atoms with Crippen molar-refractivity contribution in [2.45, 2.75) is 110 Å². The highest BCUT2D eigenvalue weighted by molar-refractivity contribution is 5.67. The van der Waals surface area contributed by atoms with Crippen molar-refractivity contribution < 1.29 is 30.0 Å². The highest BCUT2D eigenvalue weighted by Gasteiger charge is 2.08. The summed E-state index contributed by atoms with van der Waals surface area (Å²) in [6.45, 7) is 4.27. The fraction of sp³-hybridized carbons (Fsp3) is 0.895. The number of aliphatic carboxylic acids is 2. The van der Waals surface area contributed by atoms with Gasteiger partial charge in [-0.05, 0) is 12.8 Å². The van der Waals surface area contributed by atoms with Crippen LogP contribution in [0.4, 0.5) is 0 Å². The van der Waals surface area contributed by atoms with Crippen molar-refractivity contribution in [2.24, 2.45) is 0 Å². The Bertz CT molecular complexity index is 319. The molecular formula is C19H38O6. The first-order chi connectivity index (χ1) is 11.8. The number of carbonyl (C=O) groups is 2. The summed E-state index contributed by atoms with van der Waals surface area (Å²) in [5.41, 5.74) is 0. The maximum absolute atomic E-state index is 10.2. The summed E-state index contributed by atoms with van der Waals surface area (Å²) in [6.07, 6.45) is 9.72. The van der Waals surface area contributed by atoms with E-state index in [1.807, 2.05) is 0 Å². The van der Waals surface area contributed by atoms with E-state index in [0.29, 0.717) is 12.8 Å². The van der Waals surface area contributed by atoms with Gasteiger partial charge in [0.2, 0.25) is 0 Å². The predicted molar refractivity (Wildman–Crippen MR) is 98.7 cm³/mol. The van der Waals surface area contributed by atoms with Crippen LogP contribution in [-0.4, -0.2) is 44.6 Å². The quantitative estimate of drug-likeness (QED) is 0.328. The Hall–Kier alpha value is -1.14. The van der Waals surface area contributed by atoms with Gasteiger partial charge in [0.15, 0.2) is 0 Å². The molecule has 0 aliphatic rings. The standard InChI is InChI=1S/C10H20O3.C9H18O3/c1-2-3-4-5-6-7-9(11)8-10(12)13;1-2-3-4-5-6-8(10)7-9(11)12/h9,11H,2-8H2,1H3,(H,12,13);8,10H,2-7H2,1H3,(H,11,12)/t9-;8-/m11/s1. The van der Waals surface area contributed by atoms with Gasteiger partial charge in [-0.1, -0.05) is 71.6 Å². The van der Waals surface area contributed by atoms with E-state index in [-0.39, 0.29) is 12.8 Å². The van der Waals surface area contributed by atoms with Gasteiger partial charge in [0.25, 0.3) is 0 Å². The van der Waals surface area contributed by atoms with Crippen LogP contribution in [0.3, 0.4) is 0 Å². The number of hydrogen-bond donors (Lipinski definition) is 4. The number of carboxylic acids is 2. The van der Waals surface area contributed by atoms with Crippen LogP contribution in [0.2, 0.25) is 0 Å². The topological polar surface area (TPSA) is 115 Å². The van der Waals surface area contributed by atoms with Crippen LogP contribution < -0.4 is 0 Å². The molecule has 0 rings (SSSR count). The minimum absolute atomic E-state index is 0.117. The number of unbranched alkanes of at least 4 members (excludes halogenated alkanes) is 7. The molecule has 0 bridgehead atoms. The summed E-state index contributed by atoms with van der Waals surface area (Å²) in [5.74, 6) is -1.83. The normalized spacial score (nSPS) is 12.8. The Balaban J connectivity index is 0. The van der Waals surface area contributed by atoms with E-state index in [4.69, 9.17) is 15.3 Å². The molecule has 0 aliphatic carbocycles. The molecule has 2 atom stereocenters. The largest absolute Gasteiger partial charge is 0.481 e. The van der Waals surface area contributed by atoms with Crippen molar-refractivity contribution >= 4 is 11.9 Å². The van der Waals surface area contributed by atoms with Crippen LogP contribution >= 0.6 is 0 Å². The number of rotatable bonds is 15. The third kappa shape index (κ3) is 25.2. The SMILES string of the molecule is CCCCCCC[C@@H](O)CC(=O)O.CCCCCC[C@@H](O)CC(=O)O. The van der Waals surface area contributed by atoms with Gasteiger partial charge in [-0.3, -0.25) is 9.59 Å². The van der Waals surface area contributed by atoms with Crippen LogP contribution in [-0.2, 0) is 9.59 Å².